The van der Waals surface area contributed by atoms with Crippen LogP contribution < -0.4 is 10.8 Å². The molecule has 176 valence electrons. The first-order valence-electron chi connectivity index (χ1n) is 11.0. The summed E-state index contributed by atoms with van der Waals surface area (Å²) in [5, 5.41) is 2.84. The first-order valence-corrected chi connectivity index (χ1v) is 11.0. The highest BCUT2D eigenvalue weighted by molar-refractivity contribution is 5.89. The van der Waals surface area contributed by atoms with Crippen molar-refractivity contribution in [2.75, 3.05) is 31.5 Å². The number of ether oxygens (including phenoxy) is 1. The van der Waals surface area contributed by atoms with E-state index in [9.17, 15) is 14.4 Å². The lowest BCUT2D eigenvalue weighted by molar-refractivity contribution is -0.153. The van der Waals surface area contributed by atoms with E-state index in [0.29, 0.717) is 38.3 Å². The van der Waals surface area contributed by atoms with Gasteiger partial charge in [0.1, 0.15) is 6.04 Å². The van der Waals surface area contributed by atoms with Gasteiger partial charge in [-0.1, -0.05) is 48.5 Å². The van der Waals surface area contributed by atoms with E-state index in [1.807, 2.05) is 60.7 Å². The number of hydrogen-bond acceptors (Lipinski definition) is 6. The summed E-state index contributed by atoms with van der Waals surface area (Å²) in [5.41, 5.74) is 4.20. The fourth-order valence-electron chi connectivity index (χ4n) is 3.34. The highest BCUT2D eigenvalue weighted by Gasteiger charge is 2.28. The fourth-order valence-corrected chi connectivity index (χ4v) is 3.34. The van der Waals surface area contributed by atoms with Crippen molar-refractivity contribution in [2.45, 2.75) is 32.4 Å². The Morgan fingerprint density at radius 2 is 1.45 bits per heavy atom. The van der Waals surface area contributed by atoms with Gasteiger partial charge in [-0.25, -0.2) is 9.59 Å². The fraction of sp³-hybridized carbons (Fsp3) is 0.375. The minimum Gasteiger partial charge on any atom is -0.462 e. The minimum absolute atomic E-state index is 0.216. The largest absolute Gasteiger partial charge is 0.462 e. The number of amides is 3. The van der Waals surface area contributed by atoms with Crippen LogP contribution >= 0.6 is 0 Å². The Morgan fingerprint density at radius 1 is 0.879 bits per heavy atom. The van der Waals surface area contributed by atoms with Crippen molar-refractivity contribution in [3.8, 4) is 0 Å². The van der Waals surface area contributed by atoms with Gasteiger partial charge in [0.05, 0.1) is 6.10 Å². The molecule has 2 aromatic carbocycles. The molecule has 3 amide bonds. The van der Waals surface area contributed by atoms with Gasteiger partial charge in [-0.05, 0) is 31.5 Å². The van der Waals surface area contributed by atoms with Crippen LogP contribution in [0.2, 0.25) is 0 Å². The zero-order valence-corrected chi connectivity index (χ0v) is 18.9. The first-order chi connectivity index (χ1) is 15.9. The maximum Gasteiger partial charge on any atom is 0.428 e. The van der Waals surface area contributed by atoms with Crippen LogP contribution in [0.4, 0.5) is 15.3 Å². The Labute approximate surface area is 193 Å². The van der Waals surface area contributed by atoms with E-state index < -0.39 is 18.1 Å². The summed E-state index contributed by atoms with van der Waals surface area (Å²) in [6.07, 6.45) is -0.579. The maximum atomic E-state index is 12.5. The third-order valence-electron chi connectivity index (χ3n) is 5.06. The predicted molar refractivity (Wildman–Crippen MR) is 123 cm³/mol. The third kappa shape index (κ3) is 7.50. The molecule has 9 heteroatoms. The number of para-hydroxylation sites is 1. The molecule has 1 atom stereocenters. The topological polar surface area (TPSA) is 100 Å². The number of urea groups is 1. The third-order valence-corrected chi connectivity index (χ3v) is 5.06. The molecule has 1 aliphatic heterocycles. The van der Waals surface area contributed by atoms with Gasteiger partial charge in [-0.2, -0.15) is 0 Å². The number of carbonyl (C=O) groups is 3. The van der Waals surface area contributed by atoms with Crippen LogP contribution in [0.25, 0.3) is 0 Å². The number of hydroxylamine groups is 1. The Kier molecular flexibility index (Phi) is 8.65. The Morgan fingerprint density at radius 3 is 2.06 bits per heavy atom. The van der Waals surface area contributed by atoms with Gasteiger partial charge >= 0.3 is 18.1 Å². The molecule has 1 aliphatic rings. The van der Waals surface area contributed by atoms with Crippen molar-refractivity contribution < 1.29 is 24.0 Å². The molecular weight excluding hydrogens is 424 g/mol. The van der Waals surface area contributed by atoms with Crippen LogP contribution in [0.1, 0.15) is 19.4 Å². The van der Waals surface area contributed by atoms with E-state index in [4.69, 9.17) is 9.57 Å². The van der Waals surface area contributed by atoms with Gasteiger partial charge in [-0.15, -0.1) is 5.48 Å². The SMILES string of the molecule is CC(C)OC(=O)[C@H](Cc1ccccc1)NOC(=O)N1CCN(C(=O)Nc2ccccc2)CC1. The lowest BCUT2D eigenvalue weighted by Crippen LogP contribution is -2.53. The summed E-state index contributed by atoms with van der Waals surface area (Å²) < 4.78 is 5.29. The summed E-state index contributed by atoms with van der Waals surface area (Å²) in [6, 6.07) is 17.6. The number of piperazine rings is 1. The molecule has 1 heterocycles. The highest BCUT2D eigenvalue weighted by Crippen LogP contribution is 2.10. The van der Waals surface area contributed by atoms with Crippen molar-refractivity contribution in [1.29, 1.82) is 0 Å². The Bertz CT molecular complexity index is 915. The lowest BCUT2D eigenvalue weighted by Gasteiger charge is -2.34. The van der Waals surface area contributed by atoms with Gasteiger partial charge < -0.3 is 24.7 Å². The van der Waals surface area contributed by atoms with Crippen molar-refractivity contribution in [3.05, 3.63) is 66.2 Å². The van der Waals surface area contributed by atoms with Crippen LogP contribution in [0.5, 0.6) is 0 Å². The molecule has 2 N–H and O–H groups in total. The second-order valence-electron chi connectivity index (χ2n) is 7.98. The maximum absolute atomic E-state index is 12.5. The number of rotatable bonds is 7. The van der Waals surface area contributed by atoms with E-state index in [2.05, 4.69) is 10.8 Å². The van der Waals surface area contributed by atoms with E-state index in [1.165, 1.54) is 4.90 Å². The minimum atomic E-state index is -0.836. The molecule has 0 radical (unpaired) electrons. The van der Waals surface area contributed by atoms with Crippen molar-refractivity contribution in [1.82, 2.24) is 15.3 Å². The molecule has 0 unspecified atom stereocenters. The number of nitrogens with one attached hydrogen (secondary N) is 2. The lowest BCUT2D eigenvalue weighted by atomic mass is 10.1. The van der Waals surface area contributed by atoms with Gasteiger partial charge in [0.15, 0.2) is 0 Å². The standard InChI is InChI=1S/C24H30N4O5/c1-18(2)32-22(29)21(17-19-9-5-3-6-10-19)26-33-24(31)28-15-13-27(14-16-28)23(30)25-20-11-7-4-8-12-20/h3-12,18,21,26H,13-17H2,1-2H3,(H,25,30)/t21-/m0/s1. The molecule has 1 saturated heterocycles. The Hall–Kier alpha value is -3.59. The van der Waals surface area contributed by atoms with Gasteiger partial charge in [0.25, 0.3) is 0 Å². The second kappa shape index (κ2) is 11.9. The zero-order chi connectivity index (χ0) is 23.6. The molecule has 0 aromatic heterocycles. The quantitative estimate of drug-likeness (QED) is 0.493. The molecule has 33 heavy (non-hydrogen) atoms. The second-order valence-corrected chi connectivity index (χ2v) is 7.98. The van der Waals surface area contributed by atoms with Crippen LogP contribution in [-0.2, 0) is 20.8 Å². The van der Waals surface area contributed by atoms with Crippen molar-refractivity contribution in [3.63, 3.8) is 0 Å². The number of hydrogen-bond donors (Lipinski definition) is 2. The molecule has 9 nitrogen and oxygen atoms in total. The van der Waals surface area contributed by atoms with Crippen LogP contribution in [0.3, 0.4) is 0 Å². The smallest absolute Gasteiger partial charge is 0.428 e. The molecule has 0 spiro atoms. The summed E-state index contributed by atoms with van der Waals surface area (Å²) in [7, 11) is 0. The van der Waals surface area contributed by atoms with Crippen molar-refractivity contribution >= 4 is 23.8 Å². The monoisotopic (exact) mass is 454 g/mol. The van der Waals surface area contributed by atoms with Crippen LogP contribution in [0, 0.1) is 0 Å². The molecular formula is C24H30N4O5. The summed E-state index contributed by atoms with van der Waals surface area (Å²) in [5.74, 6) is -0.496. The summed E-state index contributed by atoms with van der Waals surface area (Å²) in [4.78, 5) is 45.8. The number of benzene rings is 2. The Balaban J connectivity index is 1.49. The normalized spacial score (nSPS) is 14.5. The average molecular weight is 455 g/mol. The average Bonchev–Trinajstić information content (AvgIpc) is 2.82. The molecule has 0 aliphatic carbocycles. The zero-order valence-electron chi connectivity index (χ0n) is 18.9. The number of carbonyl (C=O) groups excluding carboxylic acids is 3. The molecule has 0 saturated carbocycles. The molecule has 2 aromatic rings. The summed E-state index contributed by atoms with van der Waals surface area (Å²) in [6.45, 7) is 4.91. The van der Waals surface area contributed by atoms with Gasteiger partial charge in [0, 0.05) is 38.3 Å². The number of anilines is 1. The number of nitrogens with zero attached hydrogens (tertiary/aromatic N) is 2. The van der Waals surface area contributed by atoms with E-state index in [0.717, 1.165) is 5.56 Å². The van der Waals surface area contributed by atoms with Gasteiger partial charge in [-0.3, -0.25) is 4.79 Å². The molecule has 1 fully saturated rings. The number of esters is 1. The van der Waals surface area contributed by atoms with Crippen molar-refractivity contribution in [2.24, 2.45) is 0 Å². The highest BCUT2D eigenvalue weighted by atomic mass is 16.7. The van der Waals surface area contributed by atoms with Crippen LogP contribution in [0.15, 0.2) is 60.7 Å². The molecule has 0 bridgehead atoms. The van der Waals surface area contributed by atoms with E-state index in [1.54, 1.807) is 18.7 Å². The predicted octanol–water partition coefficient (Wildman–Crippen LogP) is 3.04. The first kappa shape index (κ1) is 24.1. The summed E-state index contributed by atoms with van der Waals surface area (Å²) >= 11 is 0. The van der Waals surface area contributed by atoms with E-state index in [-0.39, 0.29) is 12.1 Å². The van der Waals surface area contributed by atoms with Crippen LogP contribution in [-0.4, -0.2) is 66.2 Å². The van der Waals surface area contributed by atoms with Gasteiger partial charge in [0.2, 0.25) is 0 Å². The molecule has 3 rings (SSSR count). The van der Waals surface area contributed by atoms with E-state index >= 15 is 0 Å².